The van der Waals surface area contributed by atoms with Crippen LogP contribution in [-0.2, 0) is 4.74 Å². The molecule has 0 bridgehead atoms. The molecule has 0 aliphatic carbocycles. The van der Waals surface area contributed by atoms with E-state index in [0.29, 0.717) is 6.10 Å². The Morgan fingerprint density at radius 1 is 1.50 bits per heavy atom. The minimum absolute atomic E-state index is 0.181. The number of hydrogen-bond acceptors (Lipinski definition) is 3. The van der Waals surface area contributed by atoms with E-state index in [1.54, 1.807) is 0 Å². The number of aromatic nitrogens is 1. The van der Waals surface area contributed by atoms with Gasteiger partial charge in [0.05, 0.1) is 12.2 Å². The van der Waals surface area contributed by atoms with Crippen LogP contribution in [0.5, 0.6) is 0 Å². The van der Waals surface area contributed by atoms with Gasteiger partial charge in [0.25, 0.3) is 0 Å². The number of ether oxygens (including phenoxy) is 1. The molecule has 1 N–H and O–H groups in total. The second-order valence-corrected chi connectivity index (χ2v) is 3.82. The fourth-order valence-electron chi connectivity index (χ4n) is 1.76. The van der Waals surface area contributed by atoms with E-state index in [2.05, 4.69) is 23.3 Å². The number of aryl methyl sites for hydroxylation is 1. The van der Waals surface area contributed by atoms with Crippen LogP contribution in [0, 0.1) is 6.92 Å². The number of nitrogens with one attached hydrogen (secondary N) is 1. The molecule has 14 heavy (non-hydrogen) atoms. The number of nitrogens with zero attached hydrogens (tertiary/aromatic N) is 1. The van der Waals surface area contributed by atoms with Gasteiger partial charge in [-0.3, -0.25) is 4.98 Å². The van der Waals surface area contributed by atoms with Gasteiger partial charge in [-0.05, 0) is 31.5 Å². The van der Waals surface area contributed by atoms with Crippen LogP contribution in [0.25, 0.3) is 0 Å². The molecular formula is C11H16N2O. The predicted molar refractivity (Wildman–Crippen MR) is 55.1 cm³/mol. The summed E-state index contributed by atoms with van der Waals surface area (Å²) in [5, 5.41) is 3.36. The fraction of sp³-hybridized carbons (Fsp3) is 0.545. The van der Waals surface area contributed by atoms with Crippen molar-refractivity contribution in [2.45, 2.75) is 26.1 Å². The second-order valence-electron chi connectivity index (χ2n) is 3.82. The lowest BCUT2D eigenvalue weighted by Gasteiger charge is -2.29. The van der Waals surface area contributed by atoms with Crippen LogP contribution in [-0.4, -0.2) is 24.2 Å². The Morgan fingerprint density at radius 3 is 3.07 bits per heavy atom. The molecule has 1 aromatic rings. The highest BCUT2D eigenvalue weighted by atomic mass is 16.5. The first-order valence-electron chi connectivity index (χ1n) is 5.04. The van der Waals surface area contributed by atoms with Gasteiger partial charge in [0.1, 0.15) is 0 Å². The lowest BCUT2D eigenvalue weighted by Crippen LogP contribution is -2.38. The van der Waals surface area contributed by atoms with Gasteiger partial charge in [0.2, 0.25) is 0 Å². The first kappa shape index (κ1) is 9.62. The Kier molecular flexibility index (Phi) is 2.79. The van der Waals surface area contributed by atoms with E-state index in [9.17, 15) is 0 Å². The first-order chi connectivity index (χ1) is 6.75. The molecule has 0 aromatic carbocycles. The molecule has 3 nitrogen and oxygen atoms in total. The number of pyridine rings is 1. The minimum Gasteiger partial charge on any atom is -0.368 e. The fourth-order valence-corrected chi connectivity index (χ4v) is 1.76. The average Bonchev–Trinajstić information content (AvgIpc) is 2.18. The molecule has 1 fully saturated rings. The molecule has 1 aliphatic heterocycles. The second kappa shape index (κ2) is 4.07. The highest BCUT2D eigenvalue weighted by Crippen LogP contribution is 2.20. The van der Waals surface area contributed by atoms with Gasteiger partial charge in [-0.25, -0.2) is 0 Å². The standard InChI is InChI=1S/C11H16N2O/c1-8-5-10(3-4-13-8)11-7-12-6-9(2)14-11/h3-5,9,11-12H,6-7H2,1-2H3/t9-,11-/m0/s1. The third kappa shape index (κ3) is 2.11. The summed E-state index contributed by atoms with van der Waals surface area (Å²) >= 11 is 0. The van der Waals surface area contributed by atoms with E-state index < -0.39 is 0 Å². The zero-order valence-corrected chi connectivity index (χ0v) is 8.66. The Bertz CT molecular complexity index is 314. The minimum atomic E-state index is 0.181. The zero-order valence-electron chi connectivity index (χ0n) is 8.66. The number of hydrogen-bond donors (Lipinski definition) is 1. The van der Waals surface area contributed by atoms with Crippen molar-refractivity contribution in [2.75, 3.05) is 13.1 Å². The summed E-state index contributed by atoms with van der Waals surface area (Å²) in [5.41, 5.74) is 2.26. The van der Waals surface area contributed by atoms with E-state index in [1.807, 2.05) is 19.2 Å². The van der Waals surface area contributed by atoms with Gasteiger partial charge >= 0.3 is 0 Å². The largest absolute Gasteiger partial charge is 0.368 e. The lowest BCUT2D eigenvalue weighted by atomic mass is 10.1. The van der Waals surface area contributed by atoms with Crippen molar-refractivity contribution in [1.82, 2.24) is 10.3 Å². The Morgan fingerprint density at radius 2 is 2.36 bits per heavy atom. The summed E-state index contributed by atoms with van der Waals surface area (Å²) in [6, 6.07) is 4.11. The maximum absolute atomic E-state index is 5.84. The van der Waals surface area contributed by atoms with Crippen LogP contribution >= 0.6 is 0 Å². The van der Waals surface area contributed by atoms with Crippen LogP contribution in [0.1, 0.15) is 24.3 Å². The van der Waals surface area contributed by atoms with Crippen LogP contribution in [0.2, 0.25) is 0 Å². The molecule has 1 saturated heterocycles. The summed E-state index contributed by atoms with van der Waals surface area (Å²) < 4.78 is 5.84. The van der Waals surface area contributed by atoms with Crippen molar-refractivity contribution in [3.05, 3.63) is 29.6 Å². The van der Waals surface area contributed by atoms with E-state index >= 15 is 0 Å². The summed E-state index contributed by atoms with van der Waals surface area (Å²) in [5.74, 6) is 0. The third-order valence-electron chi connectivity index (χ3n) is 2.45. The molecule has 2 atom stereocenters. The highest BCUT2D eigenvalue weighted by molar-refractivity contribution is 5.19. The Labute approximate surface area is 84.5 Å². The normalized spacial score (nSPS) is 27.6. The molecule has 1 aromatic heterocycles. The van der Waals surface area contributed by atoms with Gasteiger partial charge in [0.15, 0.2) is 0 Å². The zero-order chi connectivity index (χ0) is 9.97. The molecular weight excluding hydrogens is 176 g/mol. The van der Waals surface area contributed by atoms with E-state index in [0.717, 1.165) is 18.8 Å². The first-order valence-corrected chi connectivity index (χ1v) is 5.04. The monoisotopic (exact) mass is 192 g/mol. The third-order valence-corrected chi connectivity index (χ3v) is 2.45. The van der Waals surface area contributed by atoms with Gasteiger partial charge in [0, 0.05) is 25.0 Å². The number of rotatable bonds is 1. The van der Waals surface area contributed by atoms with E-state index in [-0.39, 0.29) is 6.10 Å². The quantitative estimate of drug-likeness (QED) is 0.731. The molecule has 2 rings (SSSR count). The maximum atomic E-state index is 5.84. The summed E-state index contributed by atoms with van der Waals surface area (Å²) in [6.07, 6.45) is 2.32. The topological polar surface area (TPSA) is 34.1 Å². The molecule has 76 valence electrons. The molecule has 0 radical (unpaired) electrons. The molecule has 3 heteroatoms. The van der Waals surface area contributed by atoms with Gasteiger partial charge in [-0.15, -0.1) is 0 Å². The van der Waals surface area contributed by atoms with Gasteiger partial charge in [-0.2, -0.15) is 0 Å². The molecule has 0 spiro atoms. The average molecular weight is 192 g/mol. The summed E-state index contributed by atoms with van der Waals surface area (Å²) in [4.78, 5) is 4.18. The van der Waals surface area contributed by atoms with Crippen molar-refractivity contribution in [2.24, 2.45) is 0 Å². The van der Waals surface area contributed by atoms with Crippen molar-refractivity contribution in [1.29, 1.82) is 0 Å². The van der Waals surface area contributed by atoms with Crippen LogP contribution < -0.4 is 5.32 Å². The van der Waals surface area contributed by atoms with Crippen LogP contribution in [0.15, 0.2) is 18.3 Å². The number of morpholine rings is 1. The SMILES string of the molecule is Cc1cc([C@@H]2CNC[C@H](C)O2)ccn1. The highest BCUT2D eigenvalue weighted by Gasteiger charge is 2.20. The predicted octanol–water partition coefficient (Wildman–Crippen LogP) is 1.44. The molecule has 2 heterocycles. The maximum Gasteiger partial charge on any atom is 0.0954 e. The molecule has 0 saturated carbocycles. The Balaban J connectivity index is 2.14. The van der Waals surface area contributed by atoms with Gasteiger partial charge in [-0.1, -0.05) is 0 Å². The Hall–Kier alpha value is -0.930. The van der Waals surface area contributed by atoms with E-state index in [1.165, 1.54) is 5.56 Å². The van der Waals surface area contributed by atoms with Crippen molar-refractivity contribution >= 4 is 0 Å². The van der Waals surface area contributed by atoms with E-state index in [4.69, 9.17) is 4.74 Å². The molecule has 0 amide bonds. The molecule has 1 aliphatic rings. The smallest absolute Gasteiger partial charge is 0.0954 e. The molecule has 0 unspecified atom stereocenters. The van der Waals surface area contributed by atoms with Crippen LogP contribution in [0.3, 0.4) is 0 Å². The lowest BCUT2D eigenvalue weighted by molar-refractivity contribution is -0.0287. The van der Waals surface area contributed by atoms with Crippen molar-refractivity contribution in [3.63, 3.8) is 0 Å². The van der Waals surface area contributed by atoms with Crippen molar-refractivity contribution in [3.8, 4) is 0 Å². The summed E-state index contributed by atoms with van der Waals surface area (Å²) in [7, 11) is 0. The van der Waals surface area contributed by atoms with Crippen LogP contribution in [0.4, 0.5) is 0 Å². The van der Waals surface area contributed by atoms with Gasteiger partial charge < -0.3 is 10.1 Å². The summed E-state index contributed by atoms with van der Waals surface area (Å²) in [6.45, 7) is 5.94. The van der Waals surface area contributed by atoms with Crippen molar-refractivity contribution < 1.29 is 4.74 Å².